The number of carbonyl (C=O) groups is 1. The van der Waals surface area contributed by atoms with Gasteiger partial charge in [0.05, 0.1) is 0 Å². The van der Waals surface area contributed by atoms with Gasteiger partial charge in [0.15, 0.2) is 5.78 Å². The van der Waals surface area contributed by atoms with Crippen LogP contribution in [0, 0.1) is 0 Å². The second-order valence-corrected chi connectivity index (χ2v) is 7.23. The zero-order valence-electron chi connectivity index (χ0n) is 15.1. The van der Waals surface area contributed by atoms with E-state index >= 15 is 0 Å². The van der Waals surface area contributed by atoms with Gasteiger partial charge in [-0.2, -0.15) is 0 Å². The Morgan fingerprint density at radius 1 is 0.778 bits per heavy atom. The molecule has 1 aliphatic rings. The first-order valence-corrected chi connectivity index (χ1v) is 9.52. The van der Waals surface area contributed by atoms with Crippen LogP contribution in [0.2, 0.25) is 0 Å². The second-order valence-electron chi connectivity index (χ2n) is 7.23. The maximum Gasteiger partial charge on any atom is 0.170 e. The van der Waals surface area contributed by atoms with E-state index in [1.165, 1.54) is 33.0 Å². The van der Waals surface area contributed by atoms with E-state index in [-0.39, 0.29) is 11.7 Å². The standard InChI is InChI=1S/C26H20O/c27-26(19-11-5-2-6-12-19)23-16-15-22-24(23)17-20-13-7-8-14-21(20)25(22)18-9-3-1-4-10-18/h1-14,17,23H,15-16H2. The molecule has 1 unspecified atom stereocenters. The minimum atomic E-state index is -0.0468. The third-order valence-electron chi connectivity index (χ3n) is 5.69. The summed E-state index contributed by atoms with van der Waals surface area (Å²) in [5.74, 6) is 0.193. The molecule has 0 aromatic heterocycles. The van der Waals surface area contributed by atoms with Crippen LogP contribution in [0.4, 0.5) is 0 Å². The lowest BCUT2D eigenvalue weighted by molar-refractivity contribution is 0.0959. The van der Waals surface area contributed by atoms with Crippen molar-refractivity contribution in [3.63, 3.8) is 0 Å². The lowest BCUT2D eigenvalue weighted by Gasteiger charge is -2.16. The summed E-state index contributed by atoms with van der Waals surface area (Å²) < 4.78 is 0. The molecule has 0 fully saturated rings. The maximum absolute atomic E-state index is 13.2. The highest BCUT2D eigenvalue weighted by atomic mass is 16.1. The number of hydrogen-bond donors (Lipinski definition) is 0. The lowest BCUT2D eigenvalue weighted by atomic mass is 9.87. The highest BCUT2D eigenvalue weighted by molar-refractivity contribution is 6.05. The van der Waals surface area contributed by atoms with Crippen LogP contribution in [0.25, 0.3) is 21.9 Å². The summed E-state index contributed by atoms with van der Waals surface area (Å²) in [6, 6.07) is 31.1. The van der Waals surface area contributed by atoms with Crippen molar-refractivity contribution < 1.29 is 4.79 Å². The Labute approximate surface area is 159 Å². The summed E-state index contributed by atoms with van der Waals surface area (Å²) in [6.45, 7) is 0. The maximum atomic E-state index is 13.2. The topological polar surface area (TPSA) is 17.1 Å². The Kier molecular flexibility index (Phi) is 3.86. The van der Waals surface area contributed by atoms with Crippen molar-refractivity contribution >= 4 is 16.6 Å². The highest BCUT2D eigenvalue weighted by Gasteiger charge is 2.32. The molecule has 0 spiro atoms. The third-order valence-corrected chi connectivity index (χ3v) is 5.69. The zero-order valence-corrected chi connectivity index (χ0v) is 15.1. The van der Waals surface area contributed by atoms with E-state index in [0.717, 1.165) is 18.4 Å². The van der Waals surface area contributed by atoms with Crippen molar-refractivity contribution in [3.8, 4) is 11.1 Å². The van der Waals surface area contributed by atoms with Crippen molar-refractivity contribution in [1.29, 1.82) is 0 Å². The molecule has 130 valence electrons. The quantitative estimate of drug-likeness (QED) is 0.390. The Morgan fingerprint density at radius 3 is 2.22 bits per heavy atom. The molecular weight excluding hydrogens is 328 g/mol. The fourth-order valence-electron chi connectivity index (χ4n) is 4.45. The Bertz CT molecular complexity index is 1130. The van der Waals surface area contributed by atoms with Gasteiger partial charge in [0.1, 0.15) is 0 Å². The first kappa shape index (κ1) is 16.0. The Morgan fingerprint density at radius 2 is 1.44 bits per heavy atom. The highest BCUT2D eigenvalue weighted by Crippen LogP contribution is 2.44. The van der Waals surface area contributed by atoms with Crippen LogP contribution in [0.15, 0.2) is 91.0 Å². The molecule has 0 N–H and O–H groups in total. The van der Waals surface area contributed by atoms with Crippen LogP contribution >= 0.6 is 0 Å². The van der Waals surface area contributed by atoms with Crippen LogP contribution in [0.1, 0.15) is 33.8 Å². The van der Waals surface area contributed by atoms with Crippen molar-refractivity contribution in [2.75, 3.05) is 0 Å². The average molecular weight is 348 g/mol. The van der Waals surface area contributed by atoms with Crippen LogP contribution in [0.3, 0.4) is 0 Å². The van der Waals surface area contributed by atoms with Gasteiger partial charge >= 0.3 is 0 Å². The molecule has 0 radical (unpaired) electrons. The molecular formula is C26H20O. The van der Waals surface area contributed by atoms with E-state index in [9.17, 15) is 4.79 Å². The zero-order chi connectivity index (χ0) is 18.2. The van der Waals surface area contributed by atoms with Crippen LogP contribution in [0.5, 0.6) is 0 Å². The van der Waals surface area contributed by atoms with Gasteiger partial charge in [-0.3, -0.25) is 4.79 Å². The molecule has 1 atom stereocenters. The summed E-state index contributed by atoms with van der Waals surface area (Å²) in [5.41, 5.74) is 5.89. The van der Waals surface area contributed by atoms with Gasteiger partial charge in [-0.05, 0) is 45.9 Å². The fraction of sp³-hybridized carbons (Fsp3) is 0.115. The molecule has 4 aromatic rings. The van der Waals surface area contributed by atoms with Crippen LogP contribution < -0.4 is 0 Å². The average Bonchev–Trinajstić information content (AvgIpc) is 3.16. The molecule has 1 aliphatic carbocycles. The van der Waals surface area contributed by atoms with Crippen LogP contribution in [-0.4, -0.2) is 5.78 Å². The summed E-state index contributed by atoms with van der Waals surface area (Å²) in [6.07, 6.45) is 1.84. The minimum Gasteiger partial charge on any atom is -0.293 e. The monoisotopic (exact) mass is 348 g/mol. The third kappa shape index (κ3) is 2.67. The van der Waals surface area contributed by atoms with Gasteiger partial charge in [0, 0.05) is 11.5 Å². The fourth-order valence-corrected chi connectivity index (χ4v) is 4.45. The normalized spacial score (nSPS) is 15.6. The van der Waals surface area contributed by atoms with E-state index in [1.54, 1.807) is 0 Å². The number of hydrogen-bond acceptors (Lipinski definition) is 1. The molecule has 5 rings (SSSR count). The summed E-state index contributed by atoms with van der Waals surface area (Å²) in [7, 11) is 0. The van der Waals surface area contributed by atoms with Crippen molar-refractivity contribution in [3.05, 3.63) is 108 Å². The minimum absolute atomic E-state index is 0.0468. The van der Waals surface area contributed by atoms with Gasteiger partial charge in [0.2, 0.25) is 0 Å². The number of Topliss-reactive ketones (excluding diaryl/α,β-unsaturated/α-hetero) is 1. The van der Waals surface area contributed by atoms with E-state index in [4.69, 9.17) is 0 Å². The molecule has 27 heavy (non-hydrogen) atoms. The lowest BCUT2D eigenvalue weighted by Crippen LogP contribution is -2.10. The summed E-state index contributed by atoms with van der Waals surface area (Å²) in [5, 5.41) is 2.48. The van der Waals surface area contributed by atoms with Crippen molar-refractivity contribution in [2.45, 2.75) is 18.8 Å². The number of benzene rings is 4. The molecule has 1 heteroatoms. The Hall–Kier alpha value is -3.19. The second kappa shape index (κ2) is 6.51. The van der Waals surface area contributed by atoms with Gasteiger partial charge in [0.25, 0.3) is 0 Å². The van der Waals surface area contributed by atoms with E-state index in [2.05, 4.69) is 60.7 Å². The SMILES string of the molecule is O=C(c1ccccc1)C1CCc2c1cc1ccccc1c2-c1ccccc1. The summed E-state index contributed by atoms with van der Waals surface area (Å²) >= 11 is 0. The molecule has 4 aromatic carbocycles. The van der Waals surface area contributed by atoms with Gasteiger partial charge in [-0.15, -0.1) is 0 Å². The molecule has 0 saturated heterocycles. The molecule has 0 amide bonds. The number of ketones is 1. The van der Waals surface area contributed by atoms with Crippen molar-refractivity contribution in [2.24, 2.45) is 0 Å². The predicted octanol–water partition coefficient (Wildman–Crippen LogP) is 6.42. The number of fused-ring (bicyclic) bond motifs is 2. The molecule has 0 saturated carbocycles. The van der Waals surface area contributed by atoms with Gasteiger partial charge in [-0.1, -0.05) is 91.0 Å². The largest absolute Gasteiger partial charge is 0.293 e. The van der Waals surface area contributed by atoms with Crippen LogP contribution in [-0.2, 0) is 6.42 Å². The first-order chi connectivity index (χ1) is 13.3. The van der Waals surface area contributed by atoms with E-state index in [0.29, 0.717) is 0 Å². The summed E-state index contributed by atoms with van der Waals surface area (Å²) in [4.78, 5) is 13.2. The van der Waals surface area contributed by atoms with Gasteiger partial charge in [-0.25, -0.2) is 0 Å². The predicted molar refractivity (Wildman–Crippen MR) is 111 cm³/mol. The number of rotatable bonds is 3. The smallest absolute Gasteiger partial charge is 0.170 e. The van der Waals surface area contributed by atoms with E-state index < -0.39 is 0 Å². The molecule has 1 nitrogen and oxygen atoms in total. The van der Waals surface area contributed by atoms with Gasteiger partial charge < -0.3 is 0 Å². The molecule has 0 aliphatic heterocycles. The van der Waals surface area contributed by atoms with Crippen molar-refractivity contribution in [1.82, 2.24) is 0 Å². The number of carbonyl (C=O) groups excluding carboxylic acids is 1. The van der Waals surface area contributed by atoms with E-state index in [1.807, 2.05) is 30.3 Å². The molecule has 0 bridgehead atoms. The first-order valence-electron chi connectivity index (χ1n) is 9.52. The Balaban J connectivity index is 1.72. The molecule has 0 heterocycles.